The molecule has 0 bridgehead atoms. The highest BCUT2D eigenvalue weighted by molar-refractivity contribution is 7.55. The number of carbonyl (C=O) groups is 1. The molecule has 8 heteroatoms. The summed E-state index contributed by atoms with van der Waals surface area (Å²) in [5.41, 5.74) is 0.846. The van der Waals surface area contributed by atoms with Crippen LogP contribution in [0, 0.1) is 4.91 Å². The molecule has 0 saturated heterocycles. The summed E-state index contributed by atoms with van der Waals surface area (Å²) in [5.74, 6) is -2.49. The number of hydrogen-bond donors (Lipinski definition) is 1. The smallest absolute Gasteiger partial charge is 0.349 e. The molecule has 21 heavy (non-hydrogen) atoms. The third-order valence-electron chi connectivity index (χ3n) is 2.56. The van der Waals surface area contributed by atoms with E-state index in [2.05, 4.69) is 10.5 Å². The minimum Gasteiger partial charge on any atom is -0.349 e. The first kappa shape index (κ1) is 17.5. The number of nitrogens with zero attached hydrogens (tertiary/aromatic N) is 1. The van der Waals surface area contributed by atoms with E-state index in [0.717, 1.165) is 5.56 Å². The number of nitrogens with one attached hydrogen (secondary N) is 1. The van der Waals surface area contributed by atoms with Gasteiger partial charge in [-0.25, -0.2) is 0 Å². The van der Waals surface area contributed by atoms with Crippen LogP contribution < -0.4 is 5.32 Å². The zero-order valence-electron chi connectivity index (χ0n) is 12.0. The summed E-state index contributed by atoms with van der Waals surface area (Å²) in [7, 11) is -3.90. The minimum absolute atomic E-state index is 0.0509. The van der Waals surface area contributed by atoms with E-state index in [1.165, 1.54) is 0 Å². The fourth-order valence-electron chi connectivity index (χ4n) is 1.66. The van der Waals surface area contributed by atoms with Crippen molar-refractivity contribution in [2.24, 2.45) is 5.18 Å². The number of carbonyl (C=O) groups excluding carboxylic acids is 1. The SMILES string of the molecule is CCOP(=O)(OCC)C(N=O)C(=O)NCc1ccccc1. The Bertz CT molecular complexity index is 499. The second-order valence-electron chi connectivity index (χ2n) is 4.06. The lowest BCUT2D eigenvalue weighted by Crippen LogP contribution is -2.33. The molecule has 0 spiro atoms. The van der Waals surface area contributed by atoms with Gasteiger partial charge in [-0.3, -0.25) is 9.36 Å². The lowest BCUT2D eigenvalue weighted by Gasteiger charge is -2.20. The Balaban J connectivity index is 2.75. The molecule has 0 aromatic heterocycles. The highest BCUT2D eigenvalue weighted by Gasteiger charge is 2.42. The molecule has 1 rings (SSSR count). The molecule has 1 amide bonds. The van der Waals surface area contributed by atoms with Crippen LogP contribution in [0.4, 0.5) is 0 Å². The molecule has 1 unspecified atom stereocenters. The first-order valence-electron chi connectivity index (χ1n) is 6.60. The Hall–Kier alpha value is -1.56. The van der Waals surface area contributed by atoms with Crippen molar-refractivity contribution in [1.82, 2.24) is 5.32 Å². The third kappa shape index (κ3) is 5.04. The van der Waals surface area contributed by atoms with E-state index in [1.54, 1.807) is 13.8 Å². The van der Waals surface area contributed by atoms with Crippen molar-refractivity contribution in [1.29, 1.82) is 0 Å². The topological polar surface area (TPSA) is 94.1 Å². The third-order valence-corrected chi connectivity index (χ3v) is 4.73. The van der Waals surface area contributed by atoms with Crippen LogP contribution in [0.3, 0.4) is 0 Å². The summed E-state index contributed by atoms with van der Waals surface area (Å²) in [5, 5.41) is 5.14. The molecule has 1 N–H and O–H groups in total. The number of amides is 1. The van der Waals surface area contributed by atoms with Gasteiger partial charge in [0.2, 0.25) is 0 Å². The molecular weight excluding hydrogens is 295 g/mol. The maximum Gasteiger partial charge on any atom is 0.368 e. The Morgan fingerprint density at radius 2 is 1.81 bits per heavy atom. The molecule has 0 radical (unpaired) electrons. The average molecular weight is 314 g/mol. The number of rotatable bonds is 9. The first-order valence-corrected chi connectivity index (χ1v) is 8.21. The predicted octanol–water partition coefficient (Wildman–Crippen LogP) is 2.66. The van der Waals surface area contributed by atoms with E-state index in [-0.39, 0.29) is 19.8 Å². The molecule has 0 fully saturated rings. The summed E-state index contributed by atoms with van der Waals surface area (Å²) in [6.45, 7) is 3.49. The van der Waals surface area contributed by atoms with Crippen LogP contribution in [0.5, 0.6) is 0 Å². The average Bonchev–Trinajstić information content (AvgIpc) is 2.47. The Labute approximate surface area is 123 Å². The van der Waals surface area contributed by atoms with Crippen molar-refractivity contribution >= 4 is 13.5 Å². The van der Waals surface area contributed by atoms with Crippen molar-refractivity contribution in [3.05, 3.63) is 40.8 Å². The van der Waals surface area contributed by atoms with E-state index >= 15 is 0 Å². The van der Waals surface area contributed by atoms with E-state index in [9.17, 15) is 14.3 Å². The Kier molecular flexibility index (Phi) is 7.22. The summed E-state index contributed by atoms with van der Waals surface area (Å²) < 4.78 is 22.3. The molecule has 116 valence electrons. The van der Waals surface area contributed by atoms with Gasteiger partial charge in [-0.05, 0) is 24.6 Å². The Morgan fingerprint density at radius 3 is 2.29 bits per heavy atom. The van der Waals surface area contributed by atoms with Gasteiger partial charge in [0.25, 0.3) is 11.7 Å². The number of hydrogen-bond acceptors (Lipinski definition) is 6. The van der Waals surface area contributed by atoms with E-state index in [0.29, 0.717) is 0 Å². The van der Waals surface area contributed by atoms with E-state index < -0.39 is 19.3 Å². The largest absolute Gasteiger partial charge is 0.368 e. The van der Waals surface area contributed by atoms with Gasteiger partial charge in [-0.2, -0.15) is 0 Å². The fraction of sp³-hybridized carbons (Fsp3) is 0.462. The van der Waals surface area contributed by atoms with E-state index in [1.807, 2.05) is 30.3 Å². The van der Waals surface area contributed by atoms with Gasteiger partial charge in [-0.1, -0.05) is 30.3 Å². The lowest BCUT2D eigenvalue weighted by molar-refractivity contribution is -0.121. The zero-order valence-corrected chi connectivity index (χ0v) is 12.9. The maximum absolute atomic E-state index is 12.4. The van der Waals surface area contributed by atoms with Gasteiger partial charge in [-0.15, -0.1) is 4.91 Å². The van der Waals surface area contributed by atoms with Crippen molar-refractivity contribution in [2.45, 2.75) is 26.2 Å². The molecule has 1 atom stereocenters. The number of benzene rings is 1. The van der Waals surface area contributed by atoms with Crippen molar-refractivity contribution in [3.63, 3.8) is 0 Å². The maximum atomic E-state index is 12.4. The normalized spacial score (nSPS) is 12.7. The highest BCUT2D eigenvalue weighted by atomic mass is 31.2. The monoisotopic (exact) mass is 314 g/mol. The second-order valence-corrected chi connectivity index (χ2v) is 6.14. The molecule has 0 aliphatic heterocycles. The standard InChI is InChI=1S/C13H19N2O5P/c1-3-19-21(18,20-4-2)13(15-17)12(16)14-10-11-8-6-5-7-9-11/h5-9,13H,3-4,10H2,1-2H3,(H,14,16). The molecule has 0 heterocycles. The minimum atomic E-state index is -3.90. The summed E-state index contributed by atoms with van der Waals surface area (Å²) >= 11 is 0. The Morgan fingerprint density at radius 1 is 1.24 bits per heavy atom. The molecule has 1 aromatic carbocycles. The summed E-state index contributed by atoms with van der Waals surface area (Å²) in [4.78, 5) is 22.9. The van der Waals surface area contributed by atoms with Crippen LogP contribution in [0.15, 0.2) is 35.5 Å². The summed E-state index contributed by atoms with van der Waals surface area (Å²) in [6.07, 6.45) is 0. The lowest BCUT2D eigenvalue weighted by atomic mass is 10.2. The van der Waals surface area contributed by atoms with Crippen LogP contribution in [0.2, 0.25) is 0 Å². The predicted molar refractivity (Wildman–Crippen MR) is 78.7 cm³/mol. The van der Waals surface area contributed by atoms with Gasteiger partial charge in [0.1, 0.15) is 0 Å². The fourth-order valence-corrected chi connectivity index (χ4v) is 3.23. The quantitative estimate of drug-likeness (QED) is 0.558. The molecule has 1 aromatic rings. The van der Waals surface area contributed by atoms with Gasteiger partial charge in [0.05, 0.1) is 13.2 Å². The van der Waals surface area contributed by atoms with Gasteiger partial charge < -0.3 is 14.4 Å². The van der Waals surface area contributed by atoms with Crippen molar-refractivity contribution in [2.75, 3.05) is 13.2 Å². The van der Waals surface area contributed by atoms with Crippen LogP contribution >= 0.6 is 7.60 Å². The van der Waals surface area contributed by atoms with Crippen molar-refractivity contribution < 1.29 is 18.4 Å². The van der Waals surface area contributed by atoms with Crippen LogP contribution in [0.25, 0.3) is 0 Å². The number of nitroso groups, excluding NO2 is 1. The van der Waals surface area contributed by atoms with Crippen LogP contribution in [0.1, 0.15) is 19.4 Å². The zero-order chi connectivity index (χ0) is 15.7. The summed E-state index contributed by atoms with van der Waals surface area (Å²) in [6, 6.07) is 9.12. The van der Waals surface area contributed by atoms with Crippen molar-refractivity contribution in [3.8, 4) is 0 Å². The second kappa shape index (κ2) is 8.67. The van der Waals surface area contributed by atoms with Gasteiger partial charge in [0, 0.05) is 6.54 Å². The molecule has 0 saturated carbocycles. The van der Waals surface area contributed by atoms with Crippen LogP contribution in [-0.4, -0.2) is 24.9 Å². The van der Waals surface area contributed by atoms with E-state index in [4.69, 9.17) is 9.05 Å². The van der Waals surface area contributed by atoms with Crippen LogP contribution in [-0.2, 0) is 25.0 Å². The van der Waals surface area contributed by atoms with Gasteiger partial charge in [0.15, 0.2) is 0 Å². The highest BCUT2D eigenvalue weighted by Crippen LogP contribution is 2.53. The molecule has 0 aliphatic carbocycles. The van der Waals surface area contributed by atoms with Gasteiger partial charge >= 0.3 is 7.60 Å². The first-order chi connectivity index (χ1) is 10.1. The molecule has 0 aliphatic rings. The molecule has 7 nitrogen and oxygen atoms in total. The molecular formula is C13H19N2O5P.